The van der Waals surface area contributed by atoms with Gasteiger partial charge in [-0.3, -0.25) is 14.4 Å². The summed E-state index contributed by atoms with van der Waals surface area (Å²) < 4.78 is 4.63. The van der Waals surface area contributed by atoms with Crippen molar-refractivity contribution in [1.82, 2.24) is 10.2 Å². The van der Waals surface area contributed by atoms with Gasteiger partial charge >= 0.3 is 12.0 Å². The number of para-hydroxylation sites is 1. The number of rotatable bonds is 8. The molecule has 0 radical (unpaired) electrons. The summed E-state index contributed by atoms with van der Waals surface area (Å²) in [5, 5.41) is 8.39. The molecule has 1 fully saturated rings. The van der Waals surface area contributed by atoms with Crippen LogP contribution in [0.25, 0.3) is 0 Å². The number of hydrogen-bond acceptors (Lipinski definition) is 5. The van der Waals surface area contributed by atoms with Crippen molar-refractivity contribution in [2.24, 2.45) is 0 Å². The Balaban J connectivity index is 1.52. The number of nitrogens with one attached hydrogen (secondary N) is 3. The summed E-state index contributed by atoms with van der Waals surface area (Å²) in [7, 11) is 1.30. The predicted molar refractivity (Wildman–Crippen MR) is 133 cm³/mol. The van der Waals surface area contributed by atoms with E-state index in [1.807, 2.05) is 31.2 Å². The number of hydrogen-bond donors (Lipinski definition) is 3. The van der Waals surface area contributed by atoms with E-state index in [4.69, 9.17) is 0 Å². The molecule has 0 aliphatic carbocycles. The molecule has 1 heterocycles. The third-order valence-corrected chi connectivity index (χ3v) is 5.93. The zero-order valence-corrected chi connectivity index (χ0v) is 20.3. The van der Waals surface area contributed by atoms with Crippen LogP contribution in [0.4, 0.5) is 16.2 Å². The lowest BCUT2D eigenvalue weighted by atomic mass is 10.1. The maximum atomic E-state index is 12.9. The summed E-state index contributed by atoms with van der Waals surface area (Å²) in [4.78, 5) is 50.9. The van der Waals surface area contributed by atoms with Gasteiger partial charge in [-0.1, -0.05) is 30.3 Å². The molecule has 0 spiro atoms. The first-order valence-electron chi connectivity index (χ1n) is 11.7. The Morgan fingerprint density at radius 2 is 1.77 bits per heavy atom. The molecule has 1 saturated heterocycles. The third-order valence-electron chi connectivity index (χ3n) is 5.93. The number of methoxy groups -OCH3 is 1. The Kier molecular flexibility index (Phi) is 8.83. The summed E-state index contributed by atoms with van der Waals surface area (Å²) in [6.07, 6.45) is 1.55. The average molecular weight is 481 g/mol. The number of carbonyl (C=O) groups is 4. The highest BCUT2D eigenvalue weighted by atomic mass is 16.5. The summed E-state index contributed by atoms with van der Waals surface area (Å²) >= 11 is 0. The topological polar surface area (TPSA) is 117 Å². The summed E-state index contributed by atoms with van der Waals surface area (Å²) in [5.74, 6) is -0.796. The van der Waals surface area contributed by atoms with Gasteiger partial charge in [0, 0.05) is 24.0 Å². The van der Waals surface area contributed by atoms with E-state index in [1.54, 1.807) is 36.1 Å². The average Bonchev–Trinajstić information content (AvgIpc) is 3.32. The van der Waals surface area contributed by atoms with Crippen LogP contribution >= 0.6 is 0 Å². The standard InChI is InChI=1S/C26H32N4O5/c1-17-7-4-5-8-21(17)29-26(34)28-20-12-10-19(11-13-20)16-23(31)30-14-6-9-22(30)25(33)27-18(2)15-24(32)35-3/h4-5,7-8,10-13,18,22H,6,9,14-16H2,1-3H3,(H,27,33)(H2,28,29,34)/t18-,22+/m1/s1. The third kappa shape index (κ3) is 7.30. The fourth-order valence-electron chi connectivity index (χ4n) is 4.04. The molecule has 0 bridgehead atoms. The number of likely N-dealkylation sites (tertiary alicyclic amines) is 1. The van der Waals surface area contributed by atoms with Crippen molar-refractivity contribution in [3.05, 3.63) is 59.7 Å². The highest BCUT2D eigenvalue weighted by Gasteiger charge is 2.34. The smallest absolute Gasteiger partial charge is 0.323 e. The lowest BCUT2D eigenvalue weighted by molar-refractivity contribution is -0.142. The lowest BCUT2D eigenvalue weighted by Crippen LogP contribution is -2.49. The monoisotopic (exact) mass is 480 g/mol. The second-order valence-electron chi connectivity index (χ2n) is 8.70. The summed E-state index contributed by atoms with van der Waals surface area (Å²) in [6, 6.07) is 13.3. The molecule has 9 nitrogen and oxygen atoms in total. The van der Waals surface area contributed by atoms with Gasteiger partial charge in [0.05, 0.1) is 20.0 Å². The minimum absolute atomic E-state index is 0.0757. The molecule has 2 atom stereocenters. The van der Waals surface area contributed by atoms with E-state index in [-0.39, 0.29) is 36.7 Å². The van der Waals surface area contributed by atoms with E-state index in [0.29, 0.717) is 18.7 Å². The Hall–Kier alpha value is -3.88. The van der Waals surface area contributed by atoms with Crippen LogP contribution in [0, 0.1) is 6.92 Å². The highest BCUT2D eigenvalue weighted by Crippen LogP contribution is 2.20. The van der Waals surface area contributed by atoms with Crippen LogP contribution in [0.3, 0.4) is 0 Å². The molecule has 2 aromatic rings. The fourth-order valence-corrected chi connectivity index (χ4v) is 4.04. The zero-order chi connectivity index (χ0) is 25.4. The molecular formula is C26H32N4O5. The molecule has 4 amide bonds. The zero-order valence-electron chi connectivity index (χ0n) is 20.3. The number of amides is 4. The molecule has 3 rings (SSSR count). The van der Waals surface area contributed by atoms with Gasteiger partial charge in [0.1, 0.15) is 6.04 Å². The molecule has 0 unspecified atom stereocenters. The maximum Gasteiger partial charge on any atom is 0.323 e. The van der Waals surface area contributed by atoms with Crippen LogP contribution in [0.15, 0.2) is 48.5 Å². The minimum atomic E-state index is -0.548. The Morgan fingerprint density at radius 3 is 2.46 bits per heavy atom. The SMILES string of the molecule is COC(=O)C[C@@H](C)NC(=O)[C@@H]1CCCN1C(=O)Cc1ccc(NC(=O)Nc2ccccc2C)cc1. The first-order chi connectivity index (χ1) is 16.8. The van der Waals surface area contributed by atoms with Crippen molar-refractivity contribution in [3.8, 4) is 0 Å². The molecule has 186 valence electrons. The van der Waals surface area contributed by atoms with E-state index in [2.05, 4.69) is 20.7 Å². The molecule has 0 saturated carbocycles. The maximum absolute atomic E-state index is 12.9. The quantitative estimate of drug-likeness (QED) is 0.502. The first kappa shape index (κ1) is 25.7. The van der Waals surface area contributed by atoms with Gasteiger partial charge in [-0.2, -0.15) is 0 Å². The van der Waals surface area contributed by atoms with Crippen LogP contribution in [0.2, 0.25) is 0 Å². The molecule has 3 N–H and O–H groups in total. The van der Waals surface area contributed by atoms with Crippen molar-refractivity contribution in [2.75, 3.05) is 24.3 Å². The van der Waals surface area contributed by atoms with Crippen molar-refractivity contribution >= 4 is 35.2 Å². The number of benzene rings is 2. The number of urea groups is 1. The summed E-state index contributed by atoms with van der Waals surface area (Å²) in [6.45, 7) is 4.16. The van der Waals surface area contributed by atoms with Gasteiger partial charge in [-0.25, -0.2) is 4.79 Å². The molecular weight excluding hydrogens is 448 g/mol. The van der Waals surface area contributed by atoms with E-state index < -0.39 is 12.0 Å². The molecule has 9 heteroatoms. The van der Waals surface area contributed by atoms with Crippen LogP contribution in [0.1, 0.15) is 37.3 Å². The first-order valence-corrected chi connectivity index (χ1v) is 11.7. The van der Waals surface area contributed by atoms with Crippen molar-refractivity contribution in [2.45, 2.75) is 51.6 Å². The van der Waals surface area contributed by atoms with Crippen molar-refractivity contribution < 1.29 is 23.9 Å². The predicted octanol–water partition coefficient (Wildman–Crippen LogP) is 3.24. The van der Waals surface area contributed by atoms with E-state index >= 15 is 0 Å². The van der Waals surface area contributed by atoms with Crippen LogP contribution in [0.5, 0.6) is 0 Å². The molecule has 0 aromatic heterocycles. The molecule has 35 heavy (non-hydrogen) atoms. The van der Waals surface area contributed by atoms with Gasteiger partial charge in [0.25, 0.3) is 0 Å². The number of ether oxygens (including phenoxy) is 1. The summed E-state index contributed by atoms with van der Waals surface area (Å²) in [5.41, 5.74) is 3.08. The van der Waals surface area contributed by atoms with Crippen LogP contribution < -0.4 is 16.0 Å². The van der Waals surface area contributed by atoms with Crippen molar-refractivity contribution in [1.29, 1.82) is 0 Å². The molecule has 1 aliphatic rings. The molecule has 1 aliphatic heterocycles. The van der Waals surface area contributed by atoms with Crippen molar-refractivity contribution in [3.63, 3.8) is 0 Å². The van der Waals surface area contributed by atoms with Gasteiger partial charge in [-0.15, -0.1) is 0 Å². The largest absolute Gasteiger partial charge is 0.469 e. The number of nitrogens with zero attached hydrogens (tertiary/aromatic N) is 1. The normalized spacial score (nSPS) is 15.7. The highest BCUT2D eigenvalue weighted by molar-refractivity contribution is 6.00. The van der Waals surface area contributed by atoms with E-state index in [1.165, 1.54) is 7.11 Å². The second-order valence-corrected chi connectivity index (χ2v) is 8.70. The van der Waals surface area contributed by atoms with Gasteiger partial charge in [-0.05, 0) is 56.0 Å². The number of aryl methyl sites for hydroxylation is 1. The van der Waals surface area contributed by atoms with E-state index in [0.717, 1.165) is 23.2 Å². The minimum Gasteiger partial charge on any atom is -0.469 e. The Morgan fingerprint density at radius 1 is 1.06 bits per heavy atom. The fraction of sp³-hybridized carbons (Fsp3) is 0.385. The van der Waals surface area contributed by atoms with Crippen LogP contribution in [-0.4, -0.2) is 54.5 Å². The van der Waals surface area contributed by atoms with Gasteiger partial charge < -0.3 is 25.6 Å². The van der Waals surface area contributed by atoms with Crippen LogP contribution in [-0.2, 0) is 25.5 Å². The number of anilines is 2. The Labute approximate surface area is 205 Å². The van der Waals surface area contributed by atoms with Gasteiger partial charge in [0.2, 0.25) is 11.8 Å². The molecule has 2 aromatic carbocycles. The Bertz CT molecular complexity index is 1070. The lowest BCUT2D eigenvalue weighted by Gasteiger charge is -2.25. The second kappa shape index (κ2) is 12.0. The number of esters is 1. The number of carbonyl (C=O) groups excluding carboxylic acids is 4. The van der Waals surface area contributed by atoms with E-state index in [9.17, 15) is 19.2 Å². The van der Waals surface area contributed by atoms with Gasteiger partial charge in [0.15, 0.2) is 0 Å².